The summed E-state index contributed by atoms with van der Waals surface area (Å²) in [5.74, 6) is -0.208. The van der Waals surface area contributed by atoms with Crippen LogP contribution < -0.4 is 10.4 Å². The molecular weight excluding hydrogens is 647 g/mol. The minimum atomic E-state index is -2.78. The molecule has 0 saturated carbocycles. The standard InChI is InChI=1S/C45H51NO4Si/c1-33(35(3)50-51(44(4,5)6,39-28-18-10-19-29-39)40-30-20-11-21-31-40)42-34(2)43(49-46-42)41(47)32-48-45(36-22-12-7-13-23-36,37-24-14-8-15-25-37)38-26-16-9-17-27-38/h7-31,33-35,41,43,47H,32H2,1-6H3/t33-,34+,35+,41-,43-/m1/s1. The van der Waals surface area contributed by atoms with Gasteiger partial charge in [-0.1, -0.05) is 191 Å². The van der Waals surface area contributed by atoms with E-state index in [9.17, 15) is 5.11 Å². The molecule has 5 nitrogen and oxygen atoms in total. The van der Waals surface area contributed by atoms with Crippen molar-refractivity contribution < 1.29 is 19.1 Å². The Hall–Kier alpha value is -4.33. The van der Waals surface area contributed by atoms with Gasteiger partial charge in [0, 0.05) is 11.8 Å². The Morgan fingerprint density at radius 2 is 1.06 bits per heavy atom. The molecule has 0 aromatic heterocycles. The van der Waals surface area contributed by atoms with E-state index in [1.54, 1.807) is 0 Å². The van der Waals surface area contributed by atoms with Gasteiger partial charge in [0.1, 0.15) is 11.7 Å². The van der Waals surface area contributed by atoms with Gasteiger partial charge >= 0.3 is 0 Å². The first-order valence-electron chi connectivity index (χ1n) is 18.1. The topological polar surface area (TPSA) is 60.3 Å². The number of hydrogen-bond acceptors (Lipinski definition) is 5. The molecule has 0 spiro atoms. The van der Waals surface area contributed by atoms with Gasteiger partial charge in [0.25, 0.3) is 8.32 Å². The Morgan fingerprint density at radius 3 is 1.45 bits per heavy atom. The van der Waals surface area contributed by atoms with Crippen molar-refractivity contribution in [3.8, 4) is 0 Å². The molecule has 0 bridgehead atoms. The van der Waals surface area contributed by atoms with Crippen LogP contribution in [0.5, 0.6) is 0 Å². The summed E-state index contributed by atoms with van der Waals surface area (Å²) in [5, 5.41) is 18.8. The van der Waals surface area contributed by atoms with Crippen molar-refractivity contribution in [3.05, 3.63) is 168 Å². The third-order valence-corrected chi connectivity index (χ3v) is 15.7. The van der Waals surface area contributed by atoms with E-state index in [-0.39, 0.29) is 29.6 Å². The number of aliphatic hydroxyl groups is 1. The van der Waals surface area contributed by atoms with Crippen molar-refractivity contribution in [2.75, 3.05) is 6.61 Å². The van der Waals surface area contributed by atoms with Gasteiger partial charge in [-0.3, -0.25) is 0 Å². The number of ether oxygens (including phenoxy) is 1. The first-order chi connectivity index (χ1) is 24.6. The van der Waals surface area contributed by atoms with Gasteiger partial charge in [-0.2, -0.15) is 0 Å². The number of nitrogens with zero attached hydrogens (tertiary/aromatic N) is 1. The SMILES string of the molecule is C[C@H](O[Si](c1ccccc1)(c1ccccc1)C(C)(C)C)[C@@H](C)C1=NO[C@@H]([C@H](O)COC(c2ccccc2)(c2ccccc2)c2ccccc2)[C@H]1C. The van der Waals surface area contributed by atoms with E-state index < -0.39 is 26.1 Å². The summed E-state index contributed by atoms with van der Waals surface area (Å²) in [7, 11) is -2.78. The van der Waals surface area contributed by atoms with Gasteiger partial charge in [0.05, 0.1) is 18.4 Å². The molecule has 5 atom stereocenters. The molecule has 264 valence electrons. The minimum Gasteiger partial charge on any atom is -0.404 e. The lowest BCUT2D eigenvalue weighted by Crippen LogP contribution is -2.68. The third kappa shape index (κ3) is 7.11. The van der Waals surface area contributed by atoms with Crippen LogP contribution in [0.3, 0.4) is 0 Å². The molecule has 0 radical (unpaired) electrons. The van der Waals surface area contributed by atoms with Crippen molar-refractivity contribution in [2.24, 2.45) is 17.0 Å². The fourth-order valence-electron chi connectivity index (χ4n) is 7.75. The van der Waals surface area contributed by atoms with Crippen molar-refractivity contribution in [1.29, 1.82) is 0 Å². The summed E-state index contributed by atoms with van der Waals surface area (Å²) in [5.41, 5.74) is 2.89. The maximum atomic E-state index is 11.8. The summed E-state index contributed by atoms with van der Waals surface area (Å²) in [4.78, 5) is 6.07. The van der Waals surface area contributed by atoms with Gasteiger partial charge in [0.15, 0.2) is 6.10 Å². The van der Waals surface area contributed by atoms with Crippen molar-refractivity contribution in [2.45, 2.75) is 70.5 Å². The predicted octanol–water partition coefficient (Wildman–Crippen LogP) is 8.35. The lowest BCUT2D eigenvalue weighted by atomic mass is 9.80. The predicted molar refractivity (Wildman–Crippen MR) is 210 cm³/mol. The zero-order chi connectivity index (χ0) is 36.1. The fourth-order valence-corrected chi connectivity index (χ4v) is 12.5. The summed E-state index contributed by atoms with van der Waals surface area (Å²) < 4.78 is 14.4. The molecule has 6 rings (SSSR count). The summed E-state index contributed by atoms with van der Waals surface area (Å²) in [6.45, 7) is 13.3. The van der Waals surface area contributed by atoms with Crippen LogP contribution in [0.1, 0.15) is 58.2 Å². The molecule has 0 amide bonds. The average molecular weight is 698 g/mol. The second-order valence-electron chi connectivity index (χ2n) is 14.8. The zero-order valence-electron chi connectivity index (χ0n) is 30.6. The van der Waals surface area contributed by atoms with Crippen molar-refractivity contribution in [1.82, 2.24) is 0 Å². The Bertz CT molecular complexity index is 1710. The molecule has 5 aromatic rings. The summed E-state index contributed by atoms with van der Waals surface area (Å²) >= 11 is 0. The molecule has 0 saturated heterocycles. The van der Waals surface area contributed by atoms with E-state index >= 15 is 0 Å². The van der Waals surface area contributed by atoms with Crippen LogP contribution in [-0.4, -0.2) is 44.1 Å². The highest BCUT2D eigenvalue weighted by molar-refractivity contribution is 6.99. The number of rotatable bonds is 13. The van der Waals surface area contributed by atoms with E-state index in [1.165, 1.54) is 10.4 Å². The molecule has 0 fully saturated rings. The van der Waals surface area contributed by atoms with Crippen LogP contribution in [0, 0.1) is 11.8 Å². The second-order valence-corrected chi connectivity index (χ2v) is 19.1. The first-order valence-corrected chi connectivity index (χ1v) is 20.0. The second kappa shape index (κ2) is 15.5. The summed E-state index contributed by atoms with van der Waals surface area (Å²) in [6, 6.07) is 52.1. The lowest BCUT2D eigenvalue weighted by molar-refractivity contribution is -0.0978. The number of oxime groups is 1. The fraction of sp³-hybridized carbons (Fsp3) is 0.311. The Morgan fingerprint density at radius 1 is 0.667 bits per heavy atom. The van der Waals surface area contributed by atoms with Crippen LogP contribution in [-0.2, 0) is 19.6 Å². The molecule has 1 aliphatic heterocycles. The zero-order valence-corrected chi connectivity index (χ0v) is 31.6. The highest BCUT2D eigenvalue weighted by Crippen LogP contribution is 2.42. The highest BCUT2D eigenvalue weighted by Gasteiger charge is 2.52. The summed E-state index contributed by atoms with van der Waals surface area (Å²) in [6.07, 6.45) is -1.67. The Kier molecular flexibility index (Phi) is 11.1. The van der Waals surface area contributed by atoms with Gasteiger partial charge in [0.2, 0.25) is 0 Å². The molecule has 1 aliphatic rings. The Balaban J connectivity index is 1.24. The van der Waals surface area contributed by atoms with Gasteiger partial charge in [-0.25, -0.2) is 0 Å². The number of aliphatic hydroxyl groups excluding tert-OH is 1. The van der Waals surface area contributed by atoms with Crippen LogP contribution >= 0.6 is 0 Å². The lowest BCUT2D eigenvalue weighted by Gasteiger charge is -2.45. The number of benzene rings is 5. The van der Waals surface area contributed by atoms with Crippen LogP contribution in [0.25, 0.3) is 0 Å². The molecular formula is C45H51NO4Si. The van der Waals surface area contributed by atoms with E-state index in [1.807, 2.05) is 54.6 Å². The van der Waals surface area contributed by atoms with Gasteiger partial charge < -0.3 is 19.1 Å². The monoisotopic (exact) mass is 697 g/mol. The van der Waals surface area contributed by atoms with Crippen molar-refractivity contribution in [3.63, 3.8) is 0 Å². The van der Waals surface area contributed by atoms with E-state index in [0.717, 1.165) is 22.4 Å². The largest absolute Gasteiger partial charge is 0.404 e. The number of hydrogen-bond donors (Lipinski definition) is 1. The van der Waals surface area contributed by atoms with Gasteiger partial charge in [-0.05, 0) is 39.0 Å². The smallest absolute Gasteiger partial charge is 0.261 e. The molecule has 1 N–H and O–H groups in total. The highest BCUT2D eigenvalue weighted by atomic mass is 28.4. The quantitative estimate of drug-likeness (QED) is 0.0993. The maximum Gasteiger partial charge on any atom is 0.261 e. The maximum absolute atomic E-state index is 11.8. The third-order valence-electron chi connectivity index (χ3n) is 10.6. The molecule has 6 heteroatoms. The van der Waals surface area contributed by atoms with E-state index in [2.05, 4.69) is 144 Å². The van der Waals surface area contributed by atoms with Crippen molar-refractivity contribution >= 4 is 24.4 Å². The molecule has 1 heterocycles. The minimum absolute atomic E-state index is 0.0407. The molecule has 0 unspecified atom stereocenters. The Labute approximate surface area is 305 Å². The van der Waals surface area contributed by atoms with E-state index in [4.69, 9.17) is 14.0 Å². The normalized spacial score (nSPS) is 18.4. The molecule has 0 aliphatic carbocycles. The molecule has 5 aromatic carbocycles. The van der Waals surface area contributed by atoms with Gasteiger partial charge in [-0.15, -0.1) is 0 Å². The first kappa shape index (κ1) is 36.5. The average Bonchev–Trinajstić information content (AvgIpc) is 3.56. The molecule has 51 heavy (non-hydrogen) atoms. The van der Waals surface area contributed by atoms with Crippen LogP contribution in [0.2, 0.25) is 5.04 Å². The van der Waals surface area contributed by atoms with Crippen LogP contribution in [0.4, 0.5) is 0 Å². The van der Waals surface area contributed by atoms with Crippen LogP contribution in [0.15, 0.2) is 157 Å². The van der Waals surface area contributed by atoms with E-state index in [0.29, 0.717) is 0 Å².